The van der Waals surface area contributed by atoms with E-state index in [1.54, 1.807) is 36.4 Å². The highest BCUT2D eigenvalue weighted by molar-refractivity contribution is 6.30. The van der Waals surface area contributed by atoms with Gasteiger partial charge < -0.3 is 16.0 Å². The molecule has 1 aliphatic carbocycles. The van der Waals surface area contributed by atoms with Crippen molar-refractivity contribution in [2.24, 2.45) is 0 Å². The van der Waals surface area contributed by atoms with Gasteiger partial charge in [-0.05, 0) is 54.8 Å². The lowest BCUT2D eigenvalue weighted by molar-refractivity contribution is -0.119. The predicted octanol–water partition coefficient (Wildman–Crippen LogP) is 2.96. The van der Waals surface area contributed by atoms with Crippen LogP contribution in [0.15, 0.2) is 48.5 Å². The van der Waals surface area contributed by atoms with E-state index in [9.17, 15) is 9.59 Å². The summed E-state index contributed by atoms with van der Waals surface area (Å²) in [4.78, 5) is 23.8. The van der Waals surface area contributed by atoms with E-state index in [0.29, 0.717) is 23.2 Å². The summed E-state index contributed by atoms with van der Waals surface area (Å²) in [6.07, 6.45) is 2.13. The monoisotopic (exact) mass is 357 g/mol. The number of carbonyl (C=O) groups excluding carboxylic acids is 2. The van der Waals surface area contributed by atoms with E-state index in [1.807, 2.05) is 12.1 Å². The summed E-state index contributed by atoms with van der Waals surface area (Å²) in [5, 5.41) is 9.50. The highest BCUT2D eigenvalue weighted by Gasteiger charge is 2.23. The van der Waals surface area contributed by atoms with E-state index < -0.39 is 0 Å². The van der Waals surface area contributed by atoms with Crippen molar-refractivity contribution in [3.8, 4) is 0 Å². The summed E-state index contributed by atoms with van der Waals surface area (Å²) >= 11 is 5.83. The lowest BCUT2D eigenvalue weighted by atomic mass is 10.2. The number of anilines is 1. The van der Waals surface area contributed by atoms with Crippen LogP contribution in [-0.4, -0.2) is 24.4 Å². The van der Waals surface area contributed by atoms with Crippen molar-refractivity contribution in [3.05, 3.63) is 64.7 Å². The van der Waals surface area contributed by atoms with Crippen LogP contribution in [0.25, 0.3) is 0 Å². The highest BCUT2D eigenvalue weighted by Crippen LogP contribution is 2.19. The molecule has 2 aromatic rings. The first-order valence-corrected chi connectivity index (χ1v) is 8.64. The Bertz CT molecular complexity index is 740. The average molecular weight is 358 g/mol. The molecule has 5 nitrogen and oxygen atoms in total. The maximum absolute atomic E-state index is 11.9. The van der Waals surface area contributed by atoms with Gasteiger partial charge in [-0.2, -0.15) is 0 Å². The molecule has 1 saturated carbocycles. The lowest BCUT2D eigenvalue weighted by Crippen LogP contribution is -2.29. The quantitative estimate of drug-likeness (QED) is 0.713. The van der Waals surface area contributed by atoms with Crippen LogP contribution in [0.3, 0.4) is 0 Å². The van der Waals surface area contributed by atoms with Crippen molar-refractivity contribution >= 4 is 29.1 Å². The Labute approximate surface area is 151 Å². The molecule has 0 radical (unpaired) electrons. The van der Waals surface area contributed by atoms with E-state index in [4.69, 9.17) is 11.6 Å². The molecule has 0 bridgehead atoms. The maximum Gasteiger partial charge on any atom is 0.251 e. The van der Waals surface area contributed by atoms with Crippen LogP contribution in [0, 0.1) is 0 Å². The number of benzene rings is 2. The summed E-state index contributed by atoms with van der Waals surface area (Å²) in [7, 11) is 0. The molecule has 3 rings (SSSR count). The van der Waals surface area contributed by atoms with Crippen molar-refractivity contribution in [1.82, 2.24) is 10.6 Å². The van der Waals surface area contributed by atoms with Gasteiger partial charge in [0.15, 0.2) is 0 Å². The van der Waals surface area contributed by atoms with Crippen LogP contribution in [0.5, 0.6) is 0 Å². The molecule has 0 unspecified atom stereocenters. The molecule has 130 valence electrons. The molecular formula is C19H20ClN3O2. The van der Waals surface area contributed by atoms with Crippen LogP contribution in [0.2, 0.25) is 5.02 Å². The van der Waals surface area contributed by atoms with Gasteiger partial charge >= 0.3 is 0 Å². The van der Waals surface area contributed by atoms with Crippen LogP contribution in [0.4, 0.5) is 5.69 Å². The molecule has 1 fully saturated rings. The molecule has 1 aliphatic rings. The van der Waals surface area contributed by atoms with E-state index >= 15 is 0 Å². The van der Waals surface area contributed by atoms with E-state index in [2.05, 4.69) is 16.0 Å². The van der Waals surface area contributed by atoms with E-state index in [1.165, 1.54) is 0 Å². The Morgan fingerprint density at radius 3 is 2.32 bits per heavy atom. The van der Waals surface area contributed by atoms with Crippen molar-refractivity contribution in [3.63, 3.8) is 0 Å². The standard InChI is InChI=1S/C19H20ClN3O2/c20-15-5-1-13(2-6-15)11-22-18(24)12-21-16-7-3-14(4-8-16)19(25)23-17-9-10-17/h1-8,17,21H,9-12H2,(H,22,24)(H,23,25). The van der Waals surface area contributed by atoms with Gasteiger partial charge in [0.25, 0.3) is 5.91 Å². The molecule has 0 saturated heterocycles. The molecule has 2 aromatic carbocycles. The second-order valence-electron chi connectivity index (χ2n) is 6.08. The zero-order valence-corrected chi connectivity index (χ0v) is 14.5. The largest absolute Gasteiger partial charge is 0.376 e. The van der Waals surface area contributed by atoms with Gasteiger partial charge in [-0.3, -0.25) is 9.59 Å². The predicted molar refractivity (Wildman–Crippen MR) is 98.7 cm³/mol. The number of hydrogen-bond acceptors (Lipinski definition) is 3. The molecule has 0 atom stereocenters. The normalized spacial score (nSPS) is 13.2. The summed E-state index contributed by atoms with van der Waals surface area (Å²) < 4.78 is 0. The third-order valence-corrected chi connectivity index (χ3v) is 4.17. The van der Waals surface area contributed by atoms with E-state index in [-0.39, 0.29) is 18.4 Å². The van der Waals surface area contributed by atoms with Crippen molar-refractivity contribution < 1.29 is 9.59 Å². The molecule has 0 spiro atoms. The minimum atomic E-state index is -0.106. The summed E-state index contributed by atoms with van der Waals surface area (Å²) in [6, 6.07) is 14.8. The average Bonchev–Trinajstić information content (AvgIpc) is 3.44. The Morgan fingerprint density at radius 1 is 1.00 bits per heavy atom. The number of nitrogens with one attached hydrogen (secondary N) is 3. The zero-order valence-electron chi connectivity index (χ0n) is 13.7. The van der Waals surface area contributed by atoms with Gasteiger partial charge in [0.1, 0.15) is 0 Å². The Morgan fingerprint density at radius 2 is 1.68 bits per heavy atom. The topological polar surface area (TPSA) is 70.2 Å². The van der Waals surface area contributed by atoms with Gasteiger partial charge in [-0.25, -0.2) is 0 Å². The van der Waals surface area contributed by atoms with Crippen LogP contribution in [-0.2, 0) is 11.3 Å². The fraction of sp³-hybridized carbons (Fsp3) is 0.263. The van der Waals surface area contributed by atoms with Crippen molar-refractivity contribution in [2.45, 2.75) is 25.4 Å². The maximum atomic E-state index is 11.9. The molecule has 2 amide bonds. The number of carbonyl (C=O) groups is 2. The zero-order chi connectivity index (χ0) is 17.6. The fourth-order valence-electron chi connectivity index (χ4n) is 2.28. The summed E-state index contributed by atoms with van der Waals surface area (Å²) in [5.41, 5.74) is 2.41. The lowest BCUT2D eigenvalue weighted by Gasteiger charge is -2.09. The Hall–Kier alpha value is -2.53. The van der Waals surface area contributed by atoms with Crippen molar-refractivity contribution in [1.29, 1.82) is 0 Å². The Balaban J connectivity index is 1.42. The van der Waals surface area contributed by atoms with Gasteiger partial charge in [0.2, 0.25) is 5.91 Å². The Kier molecular flexibility index (Phi) is 5.56. The third kappa shape index (κ3) is 5.50. The van der Waals surface area contributed by atoms with Crippen molar-refractivity contribution in [2.75, 3.05) is 11.9 Å². The molecule has 0 aromatic heterocycles. The van der Waals surface area contributed by atoms with E-state index in [0.717, 1.165) is 24.1 Å². The van der Waals surface area contributed by atoms with Gasteiger partial charge in [0, 0.05) is 28.9 Å². The van der Waals surface area contributed by atoms with Crippen LogP contribution < -0.4 is 16.0 Å². The SMILES string of the molecule is O=C(CNc1ccc(C(=O)NC2CC2)cc1)NCc1ccc(Cl)cc1. The first-order chi connectivity index (χ1) is 12.1. The number of amides is 2. The third-order valence-electron chi connectivity index (χ3n) is 3.92. The second kappa shape index (κ2) is 8.03. The molecule has 3 N–H and O–H groups in total. The molecule has 6 heteroatoms. The molecule has 25 heavy (non-hydrogen) atoms. The van der Waals surface area contributed by atoms with Gasteiger partial charge in [-0.15, -0.1) is 0 Å². The second-order valence-corrected chi connectivity index (χ2v) is 6.52. The first kappa shape index (κ1) is 17.3. The first-order valence-electron chi connectivity index (χ1n) is 8.26. The molecule has 0 heterocycles. The molecular weight excluding hydrogens is 338 g/mol. The van der Waals surface area contributed by atoms with Gasteiger partial charge in [0.05, 0.1) is 6.54 Å². The van der Waals surface area contributed by atoms with Gasteiger partial charge in [-0.1, -0.05) is 23.7 Å². The fourth-order valence-corrected chi connectivity index (χ4v) is 2.41. The number of rotatable bonds is 7. The summed E-state index contributed by atoms with van der Waals surface area (Å²) in [5.74, 6) is -0.153. The minimum Gasteiger partial charge on any atom is -0.376 e. The van der Waals surface area contributed by atoms with Crippen LogP contribution in [0.1, 0.15) is 28.8 Å². The minimum absolute atomic E-state index is 0.0465. The van der Waals surface area contributed by atoms with Crippen LogP contribution >= 0.6 is 11.6 Å². The molecule has 0 aliphatic heterocycles. The number of halogens is 1. The summed E-state index contributed by atoms with van der Waals surface area (Å²) in [6.45, 7) is 0.624. The smallest absolute Gasteiger partial charge is 0.251 e. The highest BCUT2D eigenvalue weighted by atomic mass is 35.5. The number of hydrogen-bond donors (Lipinski definition) is 3.